The molecule has 2 atom stereocenters. The van der Waals surface area contributed by atoms with Crippen LogP contribution in [0.2, 0.25) is 0 Å². The van der Waals surface area contributed by atoms with Gasteiger partial charge in [0.1, 0.15) is 0 Å². The summed E-state index contributed by atoms with van der Waals surface area (Å²) in [5.74, 6) is 0.825. The average molecular weight is 228 g/mol. The zero-order valence-corrected chi connectivity index (χ0v) is 11.3. The molecule has 16 heavy (non-hydrogen) atoms. The van der Waals surface area contributed by atoms with Gasteiger partial charge >= 0.3 is 0 Å². The zero-order valence-electron chi connectivity index (χ0n) is 11.3. The van der Waals surface area contributed by atoms with E-state index in [0.29, 0.717) is 12.1 Å². The molecule has 1 aliphatic heterocycles. The Balaban J connectivity index is 2.18. The summed E-state index contributed by atoms with van der Waals surface area (Å²) >= 11 is 0. The minimum absolute atomic E-state index is 0.573. The molecule has 96 valence electrons. The van der Waals surface area contributed by atoms with Crippen molar-refractivity contribution in [2.45, 2.75) is 46.2 Å². The summed E-state index contributed by atoms with van der Waals surface area (Å²) in [6.45, 7) is 14.1. The first-order valence-electron chi connectivity index (χ1n) is 6.68. The maximum absolute atomic E-state index is 5.48. The van der Waals surface area contributed by atoms with Crippen molar-refractivity contribution in [1.82, 2.24) is 10.2 Å². The monoisotopic (exact) mass is 228 g/mol. The zero-order chi connectivity index (χ0) is 12.0. The first-order chi connectivity index (χ1) is 7.63. The van der Waals surface area contributed by atoms with Gasteiger partial charge in [-0.15, -0.1) is 0 Å². The molecule has 3 nitrogen and oxygen atoms in total. The molecule has 0 aromatic heterocycles. The molecule has 1 aliphatic rings. The van der Waals surface area contributed by atoms with Crippen LogP contribution in [-0.2, 0) is 4.74 Å². The van der Waals surface area contributed by atoms with Crippen molar-refractivity contribution >= 4 is 0 Å². The predicted molar refractivity (Wildman–Crippen MR) is 68.8 cm³/mol. The highest BCUT2D eigenvalue weighted by Crippen LogP contribution is 2.18. The third-order valence-corrected chi connectivity index (χ3v) is 3.32. The molecule has 0 aliphatic carbocycles. The van der Waals surface area contributed by atoms with E-state index in [1.165, 1.54) is 19.5 Å². The van der Waals surface area contributed by atoms with Gasteiger partial charge < -0.3 is 10.1 Å². The molecule has 1 fully saturated rings. The second-order valence-corrected chi connectivity index (χ2v) is 5.22. The maximum Gasteiger partial charge on any atom is 0.0618 e. The molecule has 0 spiro atoms. The van der Waals surface area contributed by atoms with Gasteiger partial charge in [0, 0.05) is 25.2 Å². The summed E-state index contributed by atoms with van der Waals surface area (Å²) < 4.78 is 5.48. The van der Waals surface area contributed by atoms with E-state index in [1.54, 1.807) is 0 Å². The van der Waals surface area contributed by atoms with Crippen LogP contribution in [0.4, 0.5) is 0 Å². The standard InChI is InChI=1S/C13H28N2O/c1-5-16-10-12(4)15-7-6-13(9-15)8-14-11(2)3/h11-14H,5-10H2,1-4H3. The van der Waals surface area contributed by atoms with Gasteiger partial charge in [0.25, 0.3) is 0 Å². The Kier molecular flexibility index (Phi) is 6.32. The molecule has 0 radical (unpaired) electrons. The normalized spacial score (nSPS) is 24.2. The van der Waals surface area contributed by atoms with Crippen LogP contribution < -0.4 is 5.32 Å². The van der Waals surface area contributed by atoms with Crippen LogP contribution in [0, 0.1) is 5.92 Å². The number of hydrogen-bond acceptors (Lipinski definition) is 3. The third-order valence-electron chi connectivity index (χ3n) is 3.32. The molecule has 1 saturated heterocycles. The quantitative estimate of drug-likeness (QED) is 0.718. The Morgan fingerprint density at radius 3 is 2.75 bits per heavy atom. The van der Waals surface area contributed by atoms with Crippen LogP contribution in [0.3, 0.4) is 0 Å². The summed E-state index contributed by atoms with van der Waals surface area (Å²) in [6.07, 6.45) is 1.33. The minimum atomic E-state index is 0.573. The maximum atomic E-state index is 5.48. The second-order valence-electron chi connectivity index (χ2n) is 5.22. The third kappa shape index (κ3) is 4.81. The molecule has 1 N–H and O–H groups in total. The van der Waals surface area contributed by atoms with Gasteiger partial charge in [-0.1, -0.05) is 13.8 Å². The van der Waals surface area contributed by atoms with E-state index in [4.69, 9.17) is 4.74 Å². The Bertz CT molecular complexity index is 185. The molecule has 0 amide bonds. The smallest absolute Gasteiger partial charge is 0.0618 e. The lowest BCUT2D eigenvalue weighted by atomic mass is 10.1. The summed E-state index contributed by atoms with van der Waals surface area (Å²) in [4.78, 5) is 2.56. The summed E-state index contributed by atoms with van der Waals surface area (Å²) in [5, 5.41) is 3.53. The fourth-order valence-electron chi connectivity index (χ4n) is 2.23. The van der Waals surface area contributed by atoms with E-state index in [2.05, 4.69) is 37.9 Å². The highest BCUT2D eigenvalue weighted by Gasteiger charge is 2.25. The summed E-state index contributed by atoms with van der Waals surface area (Å²) in [6, 6.07) is 1.18. The SMILES string of the molecule is CCOCC(C)N1CCC(CNC(C)C)C1. The second kappa shape index (κ2) is 7.25. The van der Waals surface area contributed by atoms with E-state index < -0.39 is 0 Å². The van der Waals surface area contributed by atoms with Crippen LogP contribution in [0.15, 0.2) is 0 Å². The van der Waals surface area contributed by atoms with Crippen molar-refractivity contribution in [3.63, 3.8) is 0 Å². The van der Waals surface area contributed by atoms with Gasteiger partial charge in [0.15, 0.2) is 0 Å². The molecule has 0 aromatic rings. The van der Waals surface area contributed by atoms with Crippen molar-refractivity contribution < 1.29 is 4.74 Å². The molecule has 2 unspecified atom stereocenters. The Labute approximate surface area is 101 Å². The van der Waals surface area contributed by atoms with Crippen molar-refractivity contribution in [2.75, 3.05) is 32.8 Å². The number of ether oxygens (including phenoxy) is 1. The van der Waals surface area contributed by atoms with E-state index >= 15 is 0 Å². The van der Waals surface area contributed by atoms with Crippen molar-refractivity contribution in [3.8, 4) is 0 Å². The predicted octanol–water partition coefficient (Wildman–Crippen LogP) is 1.73. The van der Waals surface area contributed by atoms with Crippen LogP contribution in [0.5, 0.6) is 0 Å². The lowest BCUT2D eigenvalue weighted by Gasteiger charge is -2.24. The van der Waals surface area contributed by atoms with Crippen LogP contribution in [0.25, 0.3) is 0 Å². The number of nitrogens with one attached hydrogen (secondary N) is 1. The molecular weight excluding hydrogens is 200 g/mol. The average Bonchev–Trinajstić information content (AvgIpc) is 2.71. The molecular formula is C13H28N2O. The van der Waals surface area contributed by atoms with E-state index in [0.717, 1.165) is 25.7 Å². The van der Waals surface area contributed by atoms with Crippen LogP contribution in [0.1, 0.15) is 34.1 Å². The molecule has 3 heteroatoms. The fraction of sp³-hybridized carbons (Fsp3) is 1.00. The van der Waals surface area contributed by atoms with Crippen molar-refractivity contribution in [1.29, 1.82) is 0 Å². The Morgan fingerprint density at radius 1 is 1.38 bits per heavy atom. The largest absolute Gasteiger partial charge is 0.380 e. The molecule has 0 bridgehead atoms. The highest BCUT2D eigenvalue weighted by atomic mass is 16.5. The number of hydrogen-bond donors (Lipinski definition) is 1. The summed E-state index contributed by atoms with van der Waals surface area (Å²) in [5.41, 5.74) is 0. The molecule has 0 aromatic carbocycles. The number of likely N-dealkylation sites (tertiary alicyclic amines) is 1. The Morgan fingerprint density at radius 2 is 2.12 bits per heavy atom. The first kappa shape index (κ1) is 13.9. The highest BCUT2D eigenvalue weighted by molar-refractivity contribution is 4.81. The van der Waals surface area contributed by atoms with Gasteiger partial charge in [-0.05, 0) is 39.3 Å². The van der Waals surface area contributed by atoms with E-state index in [1.807, 2.05) is 0 Å². The lowest BCUT2D eigenvalue weighted by molar-refractivity contribution is 0.0827. The lowest BCUT2D eigenvalue weighted by Crippen LogP contribution is -2.36. The number of nitrogens with zero attached hydrogens (tertiary/aromatic N) is 1. The molecule has 1 rings (SSSR count). The van der Waals surface area contributed by atoms with Gasteiger partial charge in [-0.25, -0.2) is 0 Å². The number of rotatable bonds is 7. The molecule has 0 saturated carbocycles. The first-order valence-corrected chi connectivity index (χ1v) is 6.68. The topological polar surface area (TPSA) is 24.5 Å². The van der Waals surface area contributed by atoms with E-state index in [-0.39, 0.29) is 0 Å². The van der Waals surface area contributed by atoms with Crippen LogP contribution >= 0.6 is 0 Å². The molecule has 1 heterocycles. The van der Waals surface area contributed by atoms with Crippen molar-refractivity contribution in [3.05, 3.63) is 0 Å². The van der Waals surface area contributed by atoms with Gasteiger partial charge in [0.2, 0.25) is 0 Å². The minimum Gasteiger partial charge on any atom is -0.380 e. The fourth-order valence-corrected chi connectivity index (χ4v) is 2.23. The van der Waals surface area contributed by atoms with Gasteiger partial charge in [-0.2, -0.15) is 0 Å². The van der Waals surface area contributed by atoms with Crippen molar-refractivity contribution in [2.24, 2.45) is 5.92 Å². The van der Waals surface area contributed by atoms with Gasteiger partial charge in [-0.3, -0.25) is 4.90 Å². The summed E-state index contributed by atoms with van der Waals surface area (Å²) in [7, 11) is 0. The van der Waals surface area contributed by atoms with Gasteiger partial charge in [0.05, 0.1) is 6.61 Å². The Hall–Kier alpha value is -0.120. The van der Waals surface area contributed by atoms with Crippen LogP contribution in [-0.4, -0.2) is 49.8 Å². The van der Waals surface area contributed by atoms with E-state index in [9.17, 15) is 0 Å².